The minimum atomic E-state index is 0.226. The third-order valence-corrected chi connectivity index (χ3v) is 2.80. The van der Waals surface area contributed by atoms with E-state index in [1.54, 1.807) is 27.3 Å². The van der Waals surface area contributed by atoms with Crippen LogP contribution in [0.1, 0.15) is 17.1 Å². The monoisotopic (exact) mass is 285 g/mol. The highest BCUT2D eigenvalue weighted by Gasteiger charge is 2.09. The first-order valence-corrected chi connectivity index (χ1v) is 6.20. The number of aromatic nitrogens is 1. The second-order valence-electron chi connectivity index (χ2n) is 4.04. The van der Waals surface area contributed by atoms with Crippen molar-refractivity contribution in [2.24, 2.45) is 0 Å². The van der Waals surface area contributed by atoms with Crippen LogP contribution in [0.4, 0.5) is 5.88 Å². The lowest BCUT2D eigenvalue weighted by Gasteiger charge is -2.07. The number of nitrogens with one attached hydrogen (secondary N) is 1. The molecule has 0 aliphatic rings. The topological polar surface area (TPSA) is 80.3 Å². The summed E-state index contributed by atoms with van der Waals surface area (Å²) in [6.07, 6.45) is 3.50. The third-order valence-electron chi connectivity index (χ3n) is 2.80. The van der Waals surface area contributed by atoms with Crippen LogP contribution in [0.3, 0.4) is 0 Å². The summed E-state index contributed by atoms with van der Waals surface area (Å²) in [5.41, 5.74) is 1.12. The Labute approximate surface area is 122 Å². The molecule has 6 heteroatoms. The SMILES string of the molecule is CNc1oc(/C=C/c2ccc(OC)c(OC)c2)nc1C#N. The fourth-order valence-electron chi connectivity index (χ4n) is 1.78. The van der Waals surface area contributed by atoms with Gasteiger partial charge in [0.15, 0.2) is 11.5 Å². The Balaban J connectivity index is 2.25. The van der Waals surface area contributed by atoms with Crippen LogP contribution in [-0.2, 0) is 0 Å². The van der Waals surface area contributed by atoms with Crippen LogP contribution in [-0.4, -0.2) is 26.3 Å². The molecule has 2 aromatic rings. The lowest BCUT2D eigenvalue weighted by atomic mass is 10.2. The number of oxazole rings is 1. The first-order chi connectivity index (χ1) is 10.2. The number of hydrogen-bond acceptors (Lipinski definition) is 6. The van der Waals surface area contributed by atoms with Crippen molar-refractivity contribution < 1.29 is 13.9 Å². The van der Waals surface area contributed by atoms with Crippen LogP contribution in [0.5, 0.6) is 11.5 Å². The molecular formula is C15H15N3O3. The summed E-state index contributed by atoms with van der Waals surface area (Å²) >= 11 is 0. The molecule has 1 heterocycles. The van der Waals surface area contributed by atoms with Gasteiger partial charge in [-0.1, -0.05) is 6.07 Å². The zero-order chi connectivity index (χ0) is 15.2. The molecule has 2 rings (SSSR count). The van der Waals surface area contributed by atoms with Gasteiger partial charge in [0.1, 0.15) is 6.07 Å². The molecule has 1 aromatic heterocycles. The largest absolute Gasteiger partial charge is 0.493 e. The van der Waals surface area contributed by atoms with Gasteiger partial charge in [0.25, 0.3) is 0 Å². The van der Waals surface area contributed by atoms with Gasteiger partial charge < -0.3 is 19.2 Å². The van der Waals surface area contributed by atoms with E-state index in [1.165, 1.54) is 0 Å². The van der Waals surface area contributed by atoms with Crippen LogP contribution in [0.25, 0.3) is 12.2 Å². The van der Waals surface area contributed by atoms with E-state index < -0.39 is 0 Å². The molecule has 0 fully saturated rings. The molecule has 0 aliphatic carbocycles. The summed E-state index contributed by atoms with van der Waals surface area (Å²) in [5.74, 6) is 2.01. The zero-order valence-electron chi connectivity index (χ0n) is 12.0. The van der Waals surface area contributed by atoms with Gasteiger partial charge in [-0.25, -0.2) is 0 Å². The highest BCUT2D eigenvalue weighted by atomic mass is 16.5. The summed E-state index contributed by atoms with van der Waals surface area (Å²) < 4.78 is 15.8. The van der Waals surface area contributed by atoms with E-state index >= 15 is 0 Å². The van der Waals surface area contributed by atoms with Crippen LogP contribution >= 0.6 is 0 Å². The van der Waals surface area contributed by atoms with Crippen LogP contribution in [0.15, 0.2) is 22.6 Å². The first-order valence-electron chi connectivity index (χ1n) is 6.20. The van der Waals surface area contributed by atoms with Crippen molar-refractivity contribution in [1.82, 2.24) is 4.98 Å². The van der Waals surface area contributed by atoms with Crippen molar-refractivity contribution in [3.63, 3.8) is 0 Å². The molecule has 0 atom stereocenters. The quantitative estimate of drug-likeness (QED) is 0.909. The van der Waals surface area contributed by atoms with Crippen molar-refractivity contribution in [1.29, 1.82) is 5.26 Å². The van der Waals surface area contributed by atoms with E-state index in [2.05, 4.69) is 10.3 Å². The van der Waals surface area contributed by atoms with E-state index in [-0.39, 0.29) is 5.69 Å². The van der Waals surface area contributed by atoms with Crippen LogP contribution in [0, 0.1) is 11.3 Å². The fraction of sp³-hybridized carbons (Fsp3) is 0.200. The summed E-state index contributed by atoms with van der Waals surface area (Å²) in [4.78, 5) is 4.06. The van der Waals surface area contributed by atoms with Gasteiger partial charge >= 0.3 is 0 Å². The number of benzene rings is 1. The molecule has 0 amide bonds. The lowest BCUT2D eigenvalue weighted by Crippen LogP contribution is -1.90. The molecule has 0 spiro atoms. The average Bonchev–Trinajstić information content (AvgIpc) is 2.94. The van der Waals surface area contributed by atoms with Gasteiger partial charge in [0.05, 0.1) is 14.2 Å². The van der Waals surface area contributed by atoms with Crippen LogP contribution < -0.4 is 14.8 Å². The van der Waals surface area contributed by atoms with E-state index in [1.807, 2.05) is 30.3 Å². The second kappa shape index (κ2) is 6.48. The summed E-state index contributed by atoms with van der Waals surface area (Å²) in [5, 5.41) is 11.7. The molecule has 0 bridgehead atoms. The maximum atomic E-state index is 8.91. The predicted molar refractivity (Wildman–Crippen MR) is 79.2 cm³/mol. The number of nitriles is 1. The number of hydrogen-bond donors (Lipinski definition) is 1. The number of nitrogens with zero attached hydrogens (tertiary/aromatic N) is 2. The smallest absolute Gasteiger partial charge is 0.232 e. The average molecular weight is 285 g/mol. The van der Waals surface area contributed by atoms with E-state index in [0.29, 0.717) is 23.3 Å². The van der Waals surface area contributed by atoms with E-state index in [0.717, 1.165) is 5.56 Å². The van der Waals surface area contributed by atoms with Gasteiger partial charge in [-0.2, -0.15) is 10.2 Å². The summed E-state index contributed by atoms with van der Waals surface area (Å²) in [7, 11) is 4.84. The van der Waals surface area contributed by atoms with Gasteiger partial charge in [0.2, 0.25) is 17.5 Å². The van der Waals surface area contributed by atoms with Gasteiger partial charge in [-0.3, -0.25) is 0 Å². The molecule has 0 unspecified atom stereocenters. The molecule has 0 saturated heterocycles. The second-order valence-corrected chi connectivity index (χ2v) is 4.04. The maximum Gasteiger partial charge on any atom is 0.232 e. The van der Waals surface area contributed by atoms with Gasteiger partial charge in [-0.05, 0) is 23.8 Å². The highest BCUT2D eigenvalue weighted by Crippen LogP contribution is 2.28. The molecule has 1 N–H and O–H groups in total. The highest BCUT2D eigenvalue weighted by molar-refractivity contribution is 5.68. The number of anilines is 1. The molecule has 0 aliphatic heterocycles. The fourth-order valence-corrected chi connectivity index (χ4v) is 1.78. The molecule has 1 aromatic carbocycles. The molecule has 0 saturated carbocycles. The zero-order valence-corrected chi connectivity index (χ0v) is 12.0. The van der Waals surface area contributed by atoms with Crippen molar-refractivity contribution >= 4 is 18.0 Å². The number of rotatable bonds is 5. The summed E-state index contributed by atoms with van der Waals surface area (Å²) in [6, 6.07) is 7.49. The number of ether oxygens (including phenoxy) is 2. The van der Waals surface area contributed by atoms with Crippen molar-refractivity contribution in [2.45, 2.75) is 0 Å². The van der Waals surface area contributed by atoms with Crippen LogP contribution in [0.2, 0.25) is 0 Å². The Kier molecular flexibility index (Phi) is 4.46. The Bertz CT molecular complexity index is 699. The first kappa shape index (κ1) is 14.5. The Hall–Kier alpha value is -2.94. The van der Waals surface area contributed by atoms with Crippen molar-refractivity contribution in [3.8, 4) is 17.6 Å². The summed E-state index contributed by atoms with van der Waals surface area (Å²) in [6.45, 7) is 0. The van der Waals surface area contributed by atoms with E-state index in [9.17, 15) is 0 Å². The minimum Gasteiger partial charge on any atom is -0.493 e. The predicted octanol–water partition coefficient (Wildman–Crippen LogP) is 2.78. The van der Waals surface area contributed by atoms with Crippen molar-refractivity contribution in [2.75, 3.05) is 26.6 Å². The van der Waals surface area contributed by atoms with Gasteiger partial charge in [-0.15, -0.1) is 0 Å². The Morgan fingerprint density at radius 1 is 1.24 bits per heavy atom. The molecule has 108 valence electrons. The molecule has 21 heavy (non-hydrogen) atoms. The Morgan fingerprint density at radius 2 is 2.00 bits per heavy atom. The minimum absolute atomic E-state index is 0.226. The standard InChI is InChI=1S/C15H15N3O3/c1-17-15-11(9-16)18-14(21-15)7-5-10-4-6-12(19-2)13(8-10)20-3/h4-8,17H,1-3H3/b7-5+. The van der Waals surface area contributed by atoms with Gasteiger partial charge in [0, 0.05) is 13.1 Å². The molecule has 6 nitrogen and oxygen atoms in total. The Morgan fingerprint density at radius 3 is 2.57 bits per heavy atom. The normalized spacial score (nSPS) is 10.4. The van der Waals surface area contributed by atoms with E-state index in [4.69, 9.17) is 19.2 Å². The maximum absolute atomic E-state index is 8.91. The molecule has 0 radical (unpaired) electrons. The lowest BCUT2D eigenvalue weighted by molar-refractivity contribution is 0.355. The molecular weight excluding hydrogens is 270 g/mol. The number of methoxy groups -OCH3 is 2. The third kappa shape index (κ3) is 3.15. The van der Waals surface area contributed by atoms with Crippen molar-refractivity contribution in [3.05, 3.63) is 35.3 Å².